The van der Waals surface area contributed by atoms with Crippen molar-refractivity contribution in [3.05, 3.63) is 59.0 Å². The summed E-state index contributed by atoms with van der Waals surface area (Å²) in [5.41, 5.74) is 3.63. The minimum Gasteiger partial charge on any atom is -0.478 e. The summed E-state index contributed by atoms with van der Waals surface area (Å²) in [6.07, 6.45) is 11.5. The maximum atomic E-state index is 10.8. The molecular formula is C12H9NO2. The maximum Gasteiger partial charge on any atom is 0.335 e. The molecule has 1 N–H and O–H groups in total. The molecule has 0 spiro atoms. The first-order chi connectivity index (χ1) is 7.25. The van der Waals surface area contributed by atoms with Gasteiger partial charge in [-0.3, -0.25) is 0 Å². The lowest BCUT2D eigenvalue weighted by atomic mass is 10.1. The van der Waals surface area contributed by atoms with Gasteiger partial charge in [0.1, 0.15) is 0 Å². The van der Waals surface area contributed by atoms with Crippen LogP contribution in [-0.2, 0) is 4.79 Å². The Balaban J connectivity index is 2.10. The zero-order valence-corrected chi connectivity index (χ0v) is 7.97. The Kier molecular flexibility index (Phi) is 1.51. The number of aliphatic carboxylic acids is 1. The molecular weight excluding hydrogens is 190 g/mol. The zero-order valence-electron chi connectivity index (χ0n) is 7.97. The lowest BCUT2D eigenvalue weighted by Gasteiger charge is -2.17. The number of carboxylic acids is 1. The second kappa shape index (κ2) is 2.73. The summed E-state index contributed by atoms with van der Waals surface area (Å²) >= 11 is 0. The second-order valence-corrected chi connectivity index (χ2v) is 3.70. The van der Waals surface area contributed by atoms with Crippen LogP contribution in [-0.4, -0.2) is 22.5 Å². The van der Waals surface area contributed by atoms with E-state index >= 15 is 0 Å². The number of hydrogen-bond acceptors (Lipinski definition) is 2. The largest absolute Gasteiger partial charge is 0.478 e. The molecule has 15 heavy (non-hydrogen) atoms. The standard InChI is InChI=1S/C12H9NO2/c14-12(15)8-5-9-7-13-4-2-1-3-11(13)10(9)6-8/h1-6H,7H2,(H,14,15). The Morgan fingerprint density at radius 2 is 2.20 bits per heavy atom. The van der Waals surface area contributed by atoms with Crippen LogP contribution in [0.25, 0.3) is 0 Å². The molecule has 0 aromatic carbocycles. The first-order valence-corrected chi connectivity index (χ1v) is 4.77. The van der Waals surface area contributed by atoms with Crippen LogP contribution in [0.4, 0.5) is 0 Å². The molecule has 0 aromatic rings. The molecule has 3 aliphatic rings. The Hall–Kier alpha value is -2.03. The number of carbonyl (C=O) groups is 1. The molecule has 0 bridgehead atoms. The molecule has 1 aliphatic carbocycles. The average molecular weight is 199 g/mol. The van der Waals surface area contributed by atoms with E-state index in [0.717, 1.165) is 23.4 Å². The normalized spacial score (nSPS) is 21.5. The van der Waals surface area contributed by atoms with Crippen LogP contribution in [0.1, 0.15) is 0 Å². The van der Waals surface area contributed by atoms with Gasteiger partial charge in [0.2, 0.25) is 0 Å². The lowest BCUT2D eigenvalue weighted by molar-refractivity contribution is -0.132. The van der Waals surface area contributed by atoms with Crippen molar-refractivity contribution >= 4 is 5.97 Å². The van der Waals surface area contributed by atoms with Gasteiger partial charge < -0.3 is 10.0 Å². The highest BCUT2D eigenvalue weighted by Gasteiger charge is 2.28. The fourth-order valence-electron chi connectivity index (χ4n) is 2.09. The number of carboxylic acid groups (broad SMARTS) is 1. The molecule has 3 heteroatoms. The number of rotatable bonds is 1. The van der Waals surface area contributed by atoms with Crippen molar-refractivity contribution in [3.63, 3.8) is 0 Å². The monoisotopic (exact) mass is 199 g/mol. The third-order valence-corrected chi connectivity index (χ3v) is 2.78. The molecule has 0 aromatic heterocycles. The van der Waals surface area contributed by atoms with Crippen LogP contribution in [0.15, 0.2) is 59.0 Å². The van der Waals surface area contributed by atoms with Gasteiger partial charge in [-0.05, 0) is 29.9 Å². The third-order valence-electron chi connectivity index (χ3n) is 2.78. The van der Waals surface area contributed by atoms with E-state index in [0.29, 0.717) is 5.57 Å². The van der Waals surface area contributed by atoms with Crippen LogP contribution in [0, 0.1) is 0 Å². The maximum absolute atomic E-state index is 10.8. The molecule has 0 atom stereocenters. The van der Waals surface area contributed by atoms with Gasteiger partial charge in [-0.1, -0.05) is 6.08 Å². The Morgan fingerprint density at radius 3 is 3.00 bits per heavy atom. The van der Waals surface area contributed by atoms with Crippen molar-refractivity contribution in [2.45, 2.75) is 0 Å². The quantitative estimate of drug-likeness (QED) is 0.697. The van der Waals surface area contributed by atoms with Gasteiger partial charge >= 0.3 is 5.97 Å². The topological polar surface area (TPSA) is 40.5 Å². The highest BCUT2D eigenvalue weighted by Crippen LogP contribution is 2.36. The third kappa shape index (κ3) is 1.09. The van der Waals surface area contributed by atoms with Gasteiger partial charge in [-0.15, -0.1) is 0 Å². The van der Waals surface area contributed by atoms with Crippen molar-refractivity contribution in [1.82, 2.24) is 4.90 Å². The van der Waals surface area contributed by atoms with E-state index in [-0.39, 0.29) is 0 Å². The van der Waals surface area contributed by atoms with Crippen molar-refractivity contribution < 1.29 is 9.90 Å². The summed E-state index contributed by atoms with van der Waals surface area (Å²) in [5.74, 6) is -0.855. The number of fused-ring (bicyclic) bond motifs is 2. The van der Waals surface area contributed by atoms with Crippen LogP contribution < -0.4 is 0 Å². The van der Waals surface area contributed by atoms with Crippen LogP contribution in [0.5, 0.6) is 0 Å². The van der Waals surface area contributed by atoms with Crippen molar-refractivity contribution in [2.75, 3.05) is 6.54 Å². The van der Waals surface area contributed by atoms with Crippen LogP contribution in [0.3, 0.4) is 0 Å². The van der Waals surface area contributed by atoms with Gasteiger partial charge in [0, 0.05) is 24.0 Å². The SMILES string of the molecule is O=C(O)C1=CC2=C3C=CC=CN3CC2=C1. The van der Waals surface area contributed by atoms with E-state index in [1.165, 1.54) is 0 Å². The highest BCUT2D eigenvalue weighted by molar-refractivity contribution is 5.93. The molecule has 0 fully saturated rings. The summed E-state index contributed by atoms with van der Waals surface area (Å²) < 4.78 is 0. The molecule has 0 unspecified atom stereocenters. The molecule has 74 valence electrons. The number of allylic oxidation sites excluding steroid dienone is 4. The Labute approximate surface area is 87.0 Å². The summed E-state index contributed by atoms with van der Waals surface area (Å²) in [4.78, 5) is 12.9. The first-order valence-electron chi connectivity index (χ1n) is 4.77. The molecule has 0 radical (unpaired) electrons. The van der Waals surface area contributed by atoms with E-state index < -0.39 is 5.97 Å². The predicted molar refractivity (Wildman–Crippen MR) is 55.8 cm³/mol. The summed E-state index contributed by atoms with van der Waals surface area (Å²) in [6.45, 7) is 0.777. The summed E-state index contributed by atoms with van der Waals surface area (Å²) in [6, 6.07) is 0. The number of nitrogens with zero attached hydrogens (tertiary/aromatic N) is 1. The van der Waals surface area contributed by atoms with Crippen LogP contribution >= 0.6 is 0 Å². The minimum atomic E-state index is -0.855. The molecule has 2 heterocycles. The van der Waals surface area contributed by atoms with E-state index in [1.807, 2.05) is 24.4 Å². The second-order valence-electron chi connectivity index (χ2n) is 3.70. The number of hydrogen-bond donors (Lipinski definition) is 1. The van der Waals surface area contributed by atoms with Gasteiger partial charge in [0.25, 0.3) is 0 Å². The van der Waals surface area contributed by atoms with Crippen molar-refractivity contribution in [1.29, 1.82) is 0 Å². The van der Waals surface area contributed by atoms with E-state index in [4.69, 9.17) is 5.11 Å². The van der Waals surface area contributed by atoms with Crippen LogP contribution in [0.2, 0.25) is 0 Å². The Bertz CT molecular complexity index is 504. The average Bonchev–Trinajstić information content (AvgIpc) is 2.73. The van der Waals surface area contributed by atoms with Crippen molar-refractivity contribution in [3.8, 4) is 0 Å². The smallest absolute Gasteiger partial charge is 0.335 e. The van der Waals surface area contributed by atoms with Gasteiger partial charge in [-0.25, -0.2) is 4.79 Å². The van der Waals surface area contributed by atoms with E-state index in [9.17, 15) is 4.79 Å². The van der Waals surface area contributed by atoms with E-state index in [1.54, 1.807) is 12.2 Å². The molecule has 0 amide bonds. The molecule has 0 saturated carbocycles. The summed E-state index contributed by atoms with van der Waals surface area (Å²) in [7, 11) is 0. The molecule has 2 aliphatic heterocycles. The van der Waals surface area contributed by atoms with Gasteiger partial charge in [-0.2, -0.15) is 0 Å². The molecule has 0 saturated heterocycles. The van der Waals surface area contributed by atoms with Gasteiger partial charge in [0.05, 0.1) is 5.57 Å². The minimum absolute atomic E-state index is 0.384. The first kappa shape index (κ1) is 8.29. The zero-order chi connectivity index (χ0) is 10.4. The predicted octanol–water partition coefficient (Wildman–Crippen LogP) is 1.59. The fraction of sp³-hybridized carbons (Fsp3) is 0.0833. The van der Waals surface area contributed by atoms with E-state index in [2.05, 4.69) is 4.90 Å². The summed E-state index contributed by atoms with van der Waals surface area (Å²) in [5, 5.41) is 8.88. The highest BCUT2D eigenvalue weighted by atomic mass is 16.4. The molecule has 3 nitrogen and oxygen atoms in total. The van der Waals surface area contributed by atoms with Gasteiger partial charge in [0.15, 0.2) is 0 Å². The van der Waals surface area contributed by atoms with Crippen molar-refractivity contribution in [2.24, 2.45) is 0 Å². The Morgan fingerprint density at radius 1 is 1.33 bits per heavy atom. The lowest BCUT2D eigenvalue weighted by Crippen LogP contribution is -2.13. The molecule has 3 rings (SSSR count). The fourth-order valence-corrected chi connectivity index (χ4v) is 2.09.